The fourth-order valence-electron chi connectivity index (χ4n) is 3.09. The molecule has 1 aliphatic rings. The first kappa shape index (κ1) is 15.8. The Labute approximate surface area is 139 Å². The van der Waals surface area contributed by atoms with Gasteiger partial charge in [-0.1, -0.05) is 0 Å². The minimum atomic E-state index is -1.25. The summed E-state index contributed by atoms with van der Waals surface area (Å²) in [6.07, 6.45) is 3.74. The topological polar surface area (TPSA) is 86.3 Å². The van der Waals surface area contributed by atoms with Crippen LogP contribution < -0.4 is 10.5 Å². The van der Waals surface area contributed by atoms with E-state index in [1.165, 1.54) is 10.8 Å². The maximum Gasteiger partial charge on any atom is 0.341 e. The molecular weight excluding hydrogens is 306 g/mol. The normalized spacial score (nSPS) is 13.8. The van der Waals surface area contributed by atoms with Gasteiger partial charge in [0.1, 0.15) is 11.6 Å². The van der Waals surface area contributed by atoms with Crippen molar-refractivity contribution in [2.45, 2.75) is 19.8 Å². The second-order valence-electron chi connectivity index (χ2n) is 5.86. The van der Waals surface area contributed by atoms with Crippen molar-refractivity contribution in [3.8, 4) is 11.8 Å². The van der Waals surface area contributed by atoms with Gasteiger partial charge >= 0.3 is 5.97 Å². The molecule has 122 valence electrons. The van der Waals surface area contributed by atoms with E-state index in [4.69, 9.17) is 0 Å². The molecule has 1 N–H and O–H groups in total. The average molecular weight is 323 g/mol. The molecule has 0 saturated carbocycles. The highest BCUT2D eigenvalue weighted by atomic mass is 16.4. The van der Waals surface area contributed by atoms with Crippen LogP contribution in [0.15, 0.2) is 35.3 Å². The lowest BCUT2D eigenvalue weighted by Gasteiger charge is -2.20. The Balaban J connectivity index is 2.11. The van der Waals surface area contributed by atoms with Gasteiger partial charge in [-0.2, -0.15) is 5.26 Å². The number of aryl methyl sites for hydroxylation is 1. The number of rotatable bonds is 3. The van der Waals surface area contributed by atoms with Crippen molar-refractivity contribution in [3.05, 3.63) is 57.5 Å². The number of benzene rings is 1. The monoisotopic (exact) mass is 323 g/mol. The highest BCUT2D eigenvalue weighted by Gasteiger charge is 2.18. The Kier molecular flexibility index (Phi) is 4.09. The second kappa shape index (κ2) is 6.20. The van der Waals surface area contributed by atoms with E-state index in [9.17, 15) is 20.0 Å². The van der Waals surface area contributed by atoms with Gasteiger partial charge in [-0.05, 0) is 49.6 Å². The molecule has 0 atom stereocenters. The van der Waals surface area contributed by atoms with Crippen LogP contribution in [0.25, 0.3) is 5.69 Å². The standard InChI is InChI=1S/C18H17N3O3/c1-12-6-9-21(17(22)16(12)18(23)24)14-4-5-15(13(10-14)11-19)20-7-2-3-8-20/h4-6,9-10H,2-3,7-8H2,1H3,(H,23,24). The molecule has 0 radical (unpaired) electrons. The average Bonchev–Trinajstić information content (AvgIpc) is 3.08. The summed E-state index contributed by atoms with van der Waals surface area (Å²) in [4.78, 5) is 25.9. The smallest absolute Gasteiger partial charge is 0.341 e. The van der Waals surface area contributed by atoms with Gasteiger partial charge in [0.25, 0.3) is 5.56 Å². The van der Waals surface area contributed by atoms with Crippen molar-refractivity contribution in [1.82, 2.24) is 4.57 Å². The van der Waals surface area contributed by atoms with Crippen molar-refractivity contribution in [2.24, 2.45) is 0 Å². The first-order valence-corrected chi connectivity index (χ1v) is 7.78. The van der Waals surface area contributed by atoms with Crippen LogP contribution >= 0.6 is 0 Å². The number of carbonyl (C=O) groups is 1. The maximum atomic E-state index is 12.5. The lowest BCUT2D eigenvalue weighted by atomic mass is 10.1. The van der Waals surface area contributed by atoms with E-state index in [0.29, 0.717) is 16.8 Å². The predicted molar refractivity (Wildman–Crippen MR) is 89.9 cm³/mol. The molecule has 2 aromatic rings. The van der Waals surface area contributed by atoms with Crippen LogP contribution in [0, 0.1) is 18.3 Å². The minimum absolute atomic E-state index is 0.250. The highest BCUT2D eigenvalue weighted by molar-refractivity contribution is 5.88. The van der Waals surface area contributed by atoms with Crippen molar-refractivity contribution in [1.29, 1.82) is 5.26 Å². The molecular formula is C18H17N3O3. The highest BCUT2D eigenvalue weighted by Crippen LogP contribution is 2.26. The van der Waals surface area contributed by atoms with E-state index >= 15 is 0 Å². The molecule has 0 bridgehead atoms. The summed E-state index contributed by atoms with van der Waals surface area (Å²) >= 11 is 0. The van der Waals surface area contributed by atoms with E-state index in [-0.39, 0.29) is 5.56 Å². The van der Waals surface area contributed by atoms with Gasteiger partial charge in [0.2, 0.25) is 0 Å². The minimum Gasteiger partial charge on any atom is -0.477 e. The Bertz CT molecular complexity index is 903. The number of aromatic nitrogens is 1. The third-order valence-corrected chi connectivity index (χ3v) is 4.34. The Morgan fingerprint density at radius 2 is 1.96 bits per heavy atom. The number of nitriles is 1. The van der Waals surface area contributed by atoms with Crippen LogP contribution in [-0.4, -0.2) is 28.7 Å². The van der Waals surface area contributed by atoms with Crippen LogP contribution in [0.2, 0.25) is 0 Å². The van der Waals surface area contributed by atoms with Gasteiger partial charge in [0.05, 0.1) is 16.9 Å². The van der Waals surface area contributed by atoms with E-state index in [1.54, 1.807) is 25.1 Å². The lowest BCUT2D eigenvalue weighted by Crippen LogP contribution is -2.26. The Morgan fingerprint density at radius 1 is 1.25 bits per heavy atom. The van der Waals surface area contributed by atoms with E-state index in [0.717, 1.165) is 31.6 Å². The van der Waals surface area contributed by atoms with Gasteiger partial charge < -0.3 is 10.0 Å². The molecule has 1 aromatic heterocycles. The van der Waals surface area contributed by atoms with Crippen molar-refractivity contribution in [3.63, 3.8) is 0 Å². The summed E-state index contributed by atoms with van der Waals surface area (Å²) in [5.41, 5.74) is 1.40. The molecule has 0 amide bonds. The maximum absolute atomic E-state index is 12.5. The van der Waals surface area contributed by atoms with Crippen LogP contribution in [0.5, 0.6) is 0 Å². The number of nitrogens with zero attached hydrogens (tertiary/aromatic N) is 3. The molecule has 6 nitrogen and oxygen atoms in total. The summed E-state index contributed by atoms with van der Waals surface area (Å²) in [7, 11) is 0. The number of carboxylic acid groups (broad SMARTS) is 1. The van der Waals surface area contributed by atoms with Crippen LogP contribution in [0.4, 0.5) is 5.69 Å². The molecule has 1 aliphatic heterocycles. The van der Waals surface area contributed by atoms with Gasteiger partial charge in [-0.25, -0.2) is 4.79 Å². The number of pyridine rings is 1. The SMILES string of the molecule is Cc1ccn(-c2ccc(N3CCCC3)c(C#N)c2)c(=O)c1C(=O)O. The molecule has 1 aromatic carbocycles. The largest absolute Gasteiger partial charge is 0.477 e. The summed E-state index contributed by atoms with van der Waals surface area (Å²) in [6, 6.07) is 8.97. The van der Waals surface area contributed by atoms with Gasteiger partial charge in [-0.15, -0.1) is 0 Å². The molecule has 0 unspecified atom stereocenters. The number of aromatic carboxylic acids is 1. The zero-order chi connectivity index (χ0) is 17.3. The third-order valence-electron chi connectivity index (χ3n) is 4.34. The molecule has 1 saturated heterocycles. The zero-order valence-electron chi connectivity index (χ0n) is 13.3. The quantitative estimate of drug-likeness (QED) is 0.936. The Morgan fingerprint density at radius 3 is 2.58 bits per heavy atom. The van der Waals surface area contributed by atoms with E-state index in [1.807, 2.05) is 6.07 Å². The molecule has 6 heteroatoms. The van der Waals surface area contributed by atoms with E-state index in [2.05, 4.69) is 11.0 Å². The number of carboxylic acids is 1. The van der Waals surface area contributed by atoms with Crippen molar-refractivity contribution < 1.29 is 9.90 Å². The van der Waals surface area contributed by atoms with Crippen molar-refractivity contribution >= 4 is 11.7 Å². The first-order chi connectivity index (χ1) is 11.5. The lowest BCUT2D eigenvalue weighted by molar-refractivity contribution is 0.0693. The predicted octanol–water partition coefficient (Wildman–Crippen LogP) is 2.32. The van der Waals surface area contributed by atoms with Crippen molar-refractivity contribution in [2.75, 3.05) is 18.0 Å². The van der Waals surface area contributed by atoms with Gasteiger partial charge in [0, 0.05) is 19.3 Å². The summed E-state index contributed by atoms with van der Waals surface area (Å²) < 4.78 is 1.27. The van der Waals surface area contributed by atoms with Gasteiger partial charge in [0.15, 0.2) is 0 Å². The summed E-state index contributed by atoms with van der Waals surface area (Å²) in [5, 5.41) is 18.7. The third kappa shape index (κ3) is 2.65. The Hall–Kier alpha value is -3.07. The molecule has 3 rings (SSSR count). The number of hydrogen-bond donors (Lipinski definition) is 1. The van der Waals surface area contributed by atoms with Crippen LogP contribution in [-0.2, 0) is 0 Å². The molecule has 0 aliphatic carbocycles. The molecule has 2 heterocycles. The second-order valence-corrected chi connectivity index (χ2v) is 5.86. The van der Waals surface area contributed by atoms with Crippen LogP contribution in [0.3, 0.4) is 0 Å². The fraction of sp³-hybridized carbons (Fsp3) is 0.278. The summed E-state index contributed by atoms with van der Waals surface area (Å²) in [5.74, 6) is -1.25. The van der Waals surface area contributed by atoms with E-state index < -0.39 is 11.5 Å². The first-order valence-electron chi connectivity index (χ1n) is 7.78. The van der Waals surface area contributed by atoms with Gasteiger partial charge in [-0.3, -0.25) is 9.36 Å². The number of anilines is 1. The number of hydrogen-bond acceptors (Lipinski definition) is 4. The molecule has 0 spiro atoms. The fourth-order valence-corrected chi connectivity index (χ4v) is 3.09. The zero-order valence-corrected chi connectivity index (χ0v) is 13.3. The molecule has 1 fully saturated rings. The summed E-state index contributed by atoms with van der Waals surface area (Å²) in [6.45, 7) is 3.43. The van der Waals surface area contributed by atoms with Crippen LogP contribution in [0.1, 0.15) is 34.3 Å². The molecule has 24 heavy (non-hydrogen) atoms.